The van der Waals surface area contributed by atoms with Gasteiger partial charge in [0.15, 0.2) is 0 Å². The van der Waals surface area contributed by atoms with Gasteiger partial charge in [-0.3, -0.25) is 15.2 Å². The van der Waals surface area contributed by atoms with Crippen LogP contribution in [0.3, 0.4) is 0 Å². The second kappa shape index (κ2) is 5.57. The minimum absolute atomic E-state index is 0.00957. The molecule has 0 saturated carbocycles. The molecule has 0 amide bonds. The van der Waals surface area contributed by atoms with E-state index in [9.17, 15) is 18.5 Å². The third kappa shape index (κ3) is 3.13. The predicted octanol–water partition coefficient (Wildman–Crippen LogP) is 1.45. The molecule has 106 valence electrons. The Kier molecular flexibility index (Phi) is 4.02. The Morgan fingerprint density at radius 3 is 2.70 bits per heavy atom. The Balaban J connectivity index is 2.23. The van der Waals surface area contributed by atoms with Crippen LogP contribution < -0.4 is 4.72 Å². The number of non-ortho nitro benzene ring substituents is 1. The number of H-pyrrole nitrogens is 1. The van der Waals surface area contributed by atoms with E-state index < -0.39 is 14.9 Å². The van der Waals surface area contributed by atoms with Crippen molar-refractivity contribution in [3.05, 3.63) is 51.3 Å². The van der Waals surface area contributed by atoms with Crippen molar-refractivity contribution >= 4 is 27.3 Å². The van der Waals surface area contributed by atoms with Gasteiger partial charge in [0, 0.05) is 18.3 Å². The molecule has 2 N–H and O–H groups in total. The summed E-state index contributed by atoms with van der Waals surface area (Å²) < 4.78 is 26.4. The minimum atomic E-state index is -3.86. The molecule has 8 nitrogen and oxygen atoms in total. The second-order valence-corrected chi connectivity index (χ2v) is 5.92. The summed E-state index contributed by atoms with van der Waals surface area (Å²) in [6.45, 7) is 0.00957. The van der Waals surface area contributed by atoms with Crippen LogP contribution in [0.1, 0.15) is 5.69 Å². The van der Waals surface area contributed by atoms with Crippen LogP contribution in [-0.4, -0.2) is 23.5 Å². The van der Waals surface area contributed by atoms with Gasteiger partial charge in [0.1, 0.15) is 4.90 Å². The van der Waals surface area contributed by atoms with Gasteiger partial charge < -0.3 is 0 Å². The molecule has 0 aliphatic rings. The van der Waals surface area contributed by atoms with E-state index in [1.54, 1.807) is 6.07 Å². The van der Waals surface area contributed by atoms with Crippen molar-refractivity contribution in [1.29, 1.82) is 0 Å². The van der Waals surface area contributed by atoms with Crippen LogP contribution in [0.25, 0.3) is 0 Å². The molecule has 0 unspecified atom stereocenters. The second-order valence-electron chi connectivity index (χ2n) is 3.78. The van der Waals surface area contributed by atoms with E-state index in [2.05, 4.69) is 14.9 Å². The number of halogens is 1. The van der Waals surface area contributed by atoms with Gasteiger partial charge in [-0.2, -0.15) is 5.10 Å². The number of hydrogen-bond donors (Lipinski definition) is 2. The van der Waals surface area contributed by atoms with E-state index in [-0.39, 0.29) is 22.2 Å². The Hall–Kier alpha value is -1.97. The summed E-state index contributed by atoms with van der Waals surface area (Å²) in [6, 6.07) is 4.78. The van der Waals surface area contributed by atoms with Gasteiger partial charge in [-0.1, -0.05) is 11.6 Å². The molecular weight excluding hydrogens is 308 g/mol. The van der Waals surface area contributed by atoms with Gasteiger partial charge in [0.25, 0.3) is 5.69 Å². The topological polar surface area (TPSA) is 118 Å². The molecule has 0 saturated heterocycles. The highest BCUT2D eigenvalue weighted by molar-refractivity contribution is 7.89. The summed E-state index contributed by atoms with van der Waals surface area (Å²) in [5.41, 5.74) is 0.300. The van der Waals surface area contributed by atoms with E-state index in [0.717, 1.165) is 18.2 Å². The number of rotatable bonds is 5. The van der Waals surface area contributed by atoms with Gasteiger partial charge in [0.05, 0.1) is 22.2 Å². The maximum Gasteiger partial charge on any atom is 0.271 e. The molecule has 1 aromatic carbocycles. The number of benzene rings is 1. The Morgan fingerprint density at radius 1 is 1.40 bits per heavy atom. The number of aromatic nitrogens is 2. The minimum Gasteiger partial charge on any atom is -0.281 e. The monoisotopic (exact) mass is 316 g/mol. The molecule has 2 rings (SSSR count). The molecule has 0 aliphatic carbocycles. The number of nitro groups is 1. The molecule has 0 aliphatic heterocycles. The van der Waals surface area contributed by atoms with Gasteiger partial charge >= 0.3 is 0 Å². The zero-order valence-electron chi connectivity index (χ0n) is 9.91. The fraction of sp³-hybridized carbons (Fsp3) is 0.100. The maximum absolute atomic E-state index is 12.0. The lowest BCUT2D eigenvalue weighted by atomic mass is 10.3. The van der Waals surface area contributed by atoms with Crippen LogP contribution in [0.4, 0.5) is 5.69 Å². The largest absolute Gasteiger partial charge is 0.281 e. The lowest BCUT2D eigenvalue weighted by Gasteiger charge is -2.07. The predicted molar refractivity (Wildman–Crippen MR) is 70.7 cm³/mol. The molecule has 1 heterocycles. The quantitative estimate of drug-likeness (QED) is 0.639. The Morgan fingerprint density at radius 2 is 2.15 bits per heavy atom. The van der Waals surface area contributed by atoms with Crippen molar-refractivity contribution in [3.63, 3.8) is 0 Å². The molecule has 2 aromatic rings. The fourth-order valence-electron chi connectivity index (χ4n) is 1.45. The van der Waals surface area contributed by atoms with Crippen molar-refractivity contribution < 1.29 is 13.3 Å². The molecule has 20 heavy (non-hydrogen) atoms. The van der Waals surface area contributed by atoms with Crippen molar-refractivity contribution in [2.75, 3.05) is 0 Å². The number of sulfonamides is 1. The third-order valence-corrected chi connectivity index (χ3v) is 4.31. The molecular formula is C10H9ClN4O4S. The fourth-order valence-corrected chi connectivity index (χ4v) is 3.00. The molecule has 0 fully saturated rings. The normalized spacial score (nSPS) is 11.4. The first-order chi connectivity index (χ1) is 9.40. The summed E-state index contributed by atoms with van der Waals surface area (Å²) in [5.74, 6) is 0. The van der Waals surface area contributed by atoms with Crippen LogP contribution in [0.5, 0.6) is 0 Å². The lowest BCUT2D eigenvalue weighted by Crippen LogP contribution is -2.23. The van der Waals surface area contributed by atoms with E-state index >= 15 is 0 Å². The third-order valence-electron chi connectivity index (χ3n) is 2.43. The number of nitrogens with zero attached hydrogens (tertiary/aromatic N) is 2. The van der Waals surface area contributed by atoms with Gasteiger partial charge in [0.2, 0.25) is 10.0 Å². The van der Waals surface area contributed by atoms with Gasteiger partial charge in [-0.05, 0) is 12.1 Å². The van der Waals surface area contributed by atoms with E-state index in [1.807, 2.05) is 0 Å². The van der Waals surface area contributed by atoms with Crippen LogP contribution in [0, 0.1) is 10.1 Å². The highest BCUT2D eigenvalue weighted by atomic mass is 35.5. The highest BCUT2D eigenvalue weighted by Gasteiger charge is 2.20. The number of nitrogens with one attached hydrogen (secondary N) is 2. The molecule has 1 aromatic heterocycles. The zero-order valence-corrected chi connectivity index (χ0v) is 11.5. The van der Waals surface area contributed by atoms with Crippen molar-refractivity contribution in [2.45, 2.75) is 11.4 Å². The first-order valence-electron chi connectivity index (χ1n) is 5.32. The van der Waals surface area contributed by atoms with Crippen LogP contribution in [0.2, 0.25) is 5.02 Å². The summed E-state index contributed by atoms with van der Waals surface area (Å²) in [5, 5.41) is 16.6. The van der Waals surface area contributed by atoms with E-state index in [0.29, 0.717) is 5.69 Å². The van der Waals surface area contributed by atoms with Crippen LogP contribution in [0.15, 0.2) is 35.4 Å². The average Bonchev–Trinajstić information content (AvgIpc) is 2.89. The van der Waals surface area contributed by atoms with E-state index in [1.165, 1.54) is 6.20 Å². The molecule has 10 heteroatoms. The lowest BCUT2D eigenvalue weighted by molar-refractivity contribution is -0.384. The smallest absolute Gasteiger partial charge is 0.271 e. The first-order valence-corrected chi connectivity index (χ1v) is 7.18. The number of hydrogen-bond acceptors (Lipinski definition) is 5. The molecule has 0 radical (unpaired) electrons. The Bertz CT molecular complexity index is 730. The molecule has 0 atom stereocenters. The maximum atomic E-state index is 12.0. The standard InChI is InChI=1S/C10H9ClN4O4S/c11-9-5-8(15(16)17)1-2-10(9)20(18,19)13-6-7-3-4-12-14-7/h1-5,13H,6H2,(H,12,14). The summed E-state index contributed by atoms with van der Waals surface area (Å²) in [6.07, 6.45) is 1.49. The average molecular weight is 317 g/mol. The van der Waals surface area contributed by atoms with Gasteiger partial charge in [-0.15, -0.1) is 0 Å². The first kappa shape index (κ1) is 14.4. The Labute approximate surface area is 119 Å². The van der Waals surface area contributed by atoms with Crippen LogP contribution in [-0.2, 0) is 16.6 Å². The van der Waals surface area contributed by atoms with Crippen molar-refractivity contribution in [3.8, 4) is 0 Å². The summed E-state index contributed by atoms with van der Waals surface area (Å²) in [4.78, 5) is 9.70. The molecule has 0 bridgehead atoms. The highest BCUT2D eigenvalue weighted by Crippen LogP contribution is 2.26. The number of nitro benzene ring substituents is 1. The van der Waals surface area contributed by atoms with Crippen LogP contribution >= 0.6 is 11.6 Å². The van der Waals surface area contributed by atoms with Crippen molar-refractivity contribution in [2.24, 2.45) is 0 Å². The van der Waals surface area contributed by atoms with Crippen molar-refractivity contribution in [1.82, 2.24) is 14.9 Å². The SMILES string of the molecule is O=[N+]([O-])c1ccc(S(=O)(=O)NCc2ccn[nH]2)c(Cl)c1. The zero-order chi connectivity index (χ0) is 14.8. The summed E-state index contributed by atoms with van der Waals surface area (Å²) >= 11 is 5.77. The molecule has 0 spiro atoms. The van der Waals surface area contributed by atoms with Gasteiger partial charge in [-0.25, -0.2) is 13.1 Å². The number of aromatic amines is 1. The summed E-state index contributed by atoms with van der Waals surface area (Å²) in [7, 11) is -3.86. The van der Waals surface area contributed by atoms with E-state index in [4.69, 9.17) is 11.6 Å².